The summed E-state index contributed by atoms with van der Waals surface area (Å²) in [4.78, 5) is 23.1. The maximum absolute atomic E-state index is 12.3. The molecule has 3 N–H and O–H groups in total. The quantitative estimate of drug-likeness (QED) is 0.742. The summed E-state index contributed by atoms with van der Waals surface area (Å²) >= 11 is 0. The zero-order valence-corrected chi connectivity index (χ0v) is 12.3. The second-order valence-corrected chi connectivity index (χ2v) is 5.45. The first-order chi connectivity index (χ1) is 10.1. The van der Waals surface area contributed by atoms with Crippen LogP contribution in [0.2, 0.25) is 0 Å². The molecule has 0 fully saturated rings. The SMILES string of the molecule is CCC(CNC(=O)C1NCCc2ccccc21)CC(=O)O. The van der Waals surface area contributed by atoms with Crippen LogP contribution in [0.15, 0.2) is 24.3 Å². The number of carbonyl (C=O) groups excluding carboxylic acids is 1. The summed E-state index contributed by atoms with van der Waals surface area (Å²) in [6.07, 6.45) is 1.75. The highest BCUT2D eigenvalue weighted by atomic mass is 16.4. The molecule has 1 aliphatic heterocycles. The van der Waals surface area contributed by atoms with E-state index in [4.69, 9.17) is 5.11 Å². The van der Waals surface area contributed by atoms with Crippen LogP contribution >= 0.6 is 0 Å². The van der Waals surface area contributed by atoms with E-state index in [2.05, 4.69) is 16.7 Å². The van der Waals surface area contributed by atoms with E-state index in [-0.39, 0.29) is 24.3 Å². The summed E-state index contributed by atoms with van der Waals surface area (Å²) in [6, 6.07) is 7.61. The highest BCUT2D eigenvalue weighted by molar-refractivity contribution is 5.84. The van der Waals surface area contributed by atoms with Crippen LogP contribution < -0.4 is 10.6 Å². The molecule has 0 radical (unpaired) electrons. The van der Waals surface area contributed by atoms with Crippen LogP contribution in [0.4, 0.5) is 0 Å². The molecule has 5 nitrogen and oxygen atoms in total. The minimum Gasteiger partial charge on any atom is -0.481 e. The van der Waals surface area contributed by atoms with E-state index in [0.29, 0.717) is 6.54 Å². The molecule has 2 rings (SSSR count). The third-order valence-corrected chi connectivity index (χ3v) is 3.98. The Bertz CT molecular complexity index is 516. The number of rotatable bonds is 6. The van der Waals surface area contributed by atoms with Gasteiger partial charge >= 0.3 is 5.97 Å². The Labute approximate surface area is 124 Å². The van der Waals surface area contributed by atoms with Crippen LogP contribution in [0.3, 0.4) is 0 Å². The molecular weight excluding hydrogens is 268 g/mol. The predicted octanol–water partition coefficient (Wildman–Crippen LogP) is 1.49. The Morgan fingerprint density at radius 1 is 1.43 bits per heavy atom. The van der Waals surface area contributed by atoms with Gasteiger partial charge in [0.25, 0.3) is 0 Å². The van der Waals surface area contributed by atoms with E-state index in [1.54, 1.807) is 0 Å². The van der Waals surface area contributed by atoms with Crippen molar-refractivity contribution in [2.24, 2.45) is 5.92 Å². The Morgan fingerprint density at radius 3 is 2.90 bits per heavy atom. The average molecular weight is 290 g/mol. The fraction of sp³-hybridized carbons (Fsp3) is 0.500. The smallest absolute Gasteiger partial charge is 0.303 e. The Kier molecular flexibility index (Phi) is 5.33. The summed E-state index contributed by atoms with van der Waals surface area (Å²) in [6.45, 7) is 3.12. The molecule has 0 aliphatic carbocycles. The van der Waals surface area contributed by atoms with Gasteiger partial charge in [0.2, 0.25) is 5.91 Å². The van der Waals surface area contributed by atoms with Crippen molar-refractivity contribution in [1.29, 1.82) is 0 Å². The summed E-state index contributed by atoms with van der Waals surface area (Å²) in [5, 5.41) is 14.9. The van der Waals surface area contributed by atoms with Crippen LogP contribution in [-0.2, 0) is 16.0 Å². The summed E-state index contributed by atoms with van der Waals surface area (Å²) < 4.78 is 0. The number of fused-ring (bicyclic) bond motifs is 1. The Morgan fingerprint density at radius 2 is 2.19 bits per heavy atom. The first-order valence-corrected chi connectivity index (χ1v) is 7.42. The van der Waals surface area contributed by atoms with Gasteiger partial charge < -0.3 is 15.7 Å². The van der Waals surface area contributed by atoms with Crippen LogP contribution in [0.25, 0.3) is 0 Å². The highest BCUT2D eigenvalue weighted by Crippen LogP contribution is 2.22. The number of carboxylic acids is 1. The van der Waals surface area contributed by atoms with Crippen molar-refractivity contribution in [2.45, 2.75) is 32.2 Å². The molecule has 1 aromatic carbocycles. The Hall–Kier alpha value is -1.88. The van der Waals surface area contributed by atoms with Gasteiger partial charge in [-0.3, -0.25) is 9.59 Å². The lowest BCUT2D eigenvalue weighted by atomic mass is 9.93. The van der Waals surface area contributed by atoms with Gasteiger partial charge in [-0.15, -0.1) is 0 Å². The minimum atomic E-state index is -0.822. The van der Waals surface area contributed by atoms with Crippen molar-refractivity contribution >= 4 is 11.9 Å². The van der Waals surface area contributed by atoms with Crippen LogP contribution in [-0.4, -0.2) is 30.1 Å². The van der Waals surface area contributed by atoms with Gasteiger partial charge in [0.15, 0.2) is 0 Å². The molecule has 0 aromatic heterocycles. The number of benzene rings is 1. The summed E-state index contributed by atoms with van der Waals surface area (Å²) in [5.74, 6) is -0.923. The second-order valence-electron chi connectivity index (χ2n) is 5.45. The molecule has 114 valence electrons. The van der Waals surface area contributed by atoms with Gasteiger partial charge in [-0.25, -0.2) is 0 Å². The Balaban J connectivity index is 1.97. The molecule has 1 heterocycles. The van der Waals surface area contributed by atoms with Gasteiger partial charge in [0.05, 0.1) is 0 Å². The molecule has 0 spiro atoms. The molecule has 21 heavy (non-hydrogen) atoms. The van der Waals surface area contributed by atoms with Gasteiger partial charge in [-0.05, 0) is 23.5 Å². The molecule has 0 saturated heterocycles. The first kappa shape index (κ1) is 15.5. The monoisotopic (exact) mass is 290 g/mol. The number of aliphatic carboxylic acids is 1. The molecule has 0 bridgehead atoms. The van der Waals surface area contributed by atoms with Crippen molar-refractivity contribution in [3.05, 3.63) is 35.4 Å². The van der Waals surface area contributed by atoms with Crippen molar-refractivity contribution in [3.8, 4) is 0 Å². The number of amides is 1. The molecule has 2 unspecified atom stereocenters. The zero-order valence-electron chi connectivity index (χ0n) is 12.3. The highest BCUT2D eigenvalue weighted by Gasteiger charge is 2.26. The number of hydrogen-bond donors (Lipinski definition) is 3. The summed E-state index contributed by atoms with van der Waals surface area (Å²) in [7, 11) is 0. The third-order valence-electron chi connectivity index (χ3n) is 3.98. The standard InChI is InChI=1S/C16H22N2O3/c1-2-11(9-14(19)20)10-18-16(21)15-13-6-4-3-5-12(13)7-8-17-15/h3-6,11,15,17H,2,7-10H2,1H3,(H,18,21)(H,19,20). The maximum atomic E-state index is 12.3. The summed E-state index contributed by atoms with van der Waals surface area (Å²) in [5.41, 5.74) is 2.22. The fourth-order valence-electron chi connectivity index (χ4n) is 2.69. The number of hydrogen-bond acceptors (Lipinski definition) is 3. The van der Waals surface area contributed by atoms with Crippen molar-refractivity contribution < 1.29 is 14.7 Å². The average Bonchev–Trinajstić information content (AvgIpc) is 2.50. The molecule has 2 atom stereocenters. The van der Waals surface area contributed by atoms with E-state index in [1.807, 2.05) is 25.1 Å². The first-order valence-electron chi connectivity index (χ1n) is 7.42. The van der Waals surface area contributed by atoms with Gasteiger partial charge in [0.1, 0.15) is 6.04 Å². The second kappa shape index (κ2) is 7.22. The lowest BCUT2D eigenvalue weighted by molar-refractivity contribution is -0.138. The van der Waals surface area contributed by atoms with Crippen LogP contribution in [0.1, 0.15) is 36.9 Å². The molecule has 1 amide bonds. The maximum Gasteiger partial charge on any atom is 0.303 e. The van der Waals surface area contributed by atoms with E-state index in [1.165, 1.54) is 5.56 Å². The lowest BCUT2D eigenvalue weighted by Gasteiger charge is -2.26. The van der Waals surface area contributed by atoms with Crippen molar-refractivity contribution in [1.82, 2.24) is 10.6 Å². The molecule has 1 aliphatic rings. The van der Waals surface area contributed by atoms with Crippen molar-refractivity contribution in [3.63, 3.8) is 0 Å². The van der Waals surface area contributed by atoms with Gasteiger partial charge in [-0.1, -0.05) is 37.6 Å². The van der Waals surface area contributed by atoms with E-state index in [9.17, 15) is 9.59 Å². The normalized spacial score (nSPS) is 18.6. The number of carbonyl (C=O) groups is 2. The van der Waals surface area contributed by atoms with Crippen LogP contribution in [0, 0.1) is 5.92 Å². The molecular formula is C16H22N2O3. The van der Waals surface area contributed by atoms with E-state index >= 15 is 0 Å². The lowest BCUT2D eigenvalue weighted by Crippen LogP contribution is -2.42. The van der Waals surface area contributed by atoms with Gasteiger partial charge in [-0.2, -0.15) is 0 Å². The topological polar surface area (TPSA) is 78.4 Å². The van der Waals surface area contributed by atoms with E-state index < -0.39 is 5.97 Å². The fourth-order valence-corrected chi connectivity index (χ4v) is 2.69. The van der Waals surface area contributed by atoms with E-state index in [0.717, 1.165) is 24.9 Å². The van der Waals surface area contributed by atoms with Crippen molar-refractivity contribution in [2.75, 3.05) is 13.1 Å². The molecule has 5 heteroatoms. The minimum absolute atomic E-state index is 0.0229. The number of nitrogens with one attached hydrogen (secondary N) is 2. The molecule has 0 saturated carbocycles. The largest absolute Gasteiger partial charge is 0.481 e. The van der Waals surface area contributed by atoms with Gasteiger partial charge in [0, 0.05) is 19.5 Å². The third kappa shape index (κ3) is 4.04. The van der Waals surface area contributed by atoms with Crippen LogP contribution in [0.5, 0.6) is 0 Å². The number of carboxylic acid groups (broad SMARTS) is 1. The molecule has 1 aromatic rings. The zero-order chi connectivity index (χ0) is 15.2. The predicted molar refractivity (Wildman–Crippen MR) is 79.9 cm³/mol.